The smallest absolute Gasteiger partial charge is 0.153 e. The van der Waals surface area contributed by atoms with Gasteiger partial charge in [0.1, 0.15) is 0 Å². The van der Waals surface area contributed by atoms with Gasteiger partial charge in [-0.15, -0.1) is 0 Å². The van der Waals surface area contributed by atoms with Gasteiger partial charge in [-0.05, 0) is 18.6 Å². The maximum Gasteiger partial charge on any atom is 0.153 e. The lowest BCUT2D eigenvalue weighted by molar-refractivity contribution is 1.12. The lowest BCUT2D eigenvalue weighted by Crippen LogP contribution is -1.83. The van der Waals surface area contributed by atoms with Crippen LogP contribution in [0, 0.1) is 6.92 Å². The van der Waals surface area contributed by atoms with Crippen LogP contribution in [0.4, 0.5) is 5.82 Å². The number of nitrogen functional groups attached to an aromatic ring is 1. The summed E-state index contributed by atoms with van der Waals surface area (Å²) < 4.78 is 0. The topological polar surface area (TPSA) is 54.7 Å². The number of nitrogens with one attached hydrogen (secondary N) is 1. The van der Waals surface area contributed by atoms with Gasteiger partial charge in [-0.3, -0.25) is 5.10 Å². The van der Waals surface area contributed by atoms with E-state index in [-0.39, 0.29) is 0 Å². The number of fused-ring (bicyclic) bond motifs is 1. The number of hydrogen-bond donors (Lipinski definition) is 2. The molecule has 0 saturated carbocycles. The predicted octanol–water partition coefficient (Wildman–Crippen LogP) is 2.48. The summed E-state index contributed by atoms with van der Waals surface area (Å²) in [4.78, 5) is 0. The van der Waals surface area contributed by atoms with E-state index in [1.54, 1.807) is 0 Å². The zero-order valence-corrected chi connectivity index (χ0v) is 8.26. The Hall–Kier alpha value is -1.51. The average Bonchev–Trinajstić information content (AvgIpc) is 2.53. The minimum absolute atomic E-state index is 0.573. The summed E-state index contributed by atoms with van der Waals surface area (Å²) in [5.74, 6) is 0.573. The van der Waals surface area contributed by atoms with Gasteiger partial charge in [0.15, 0.2) is 5.82 Å². The van der Waals surface area contributed by atoms with Gasteiger partial charge in [0, 0.05) is 5.39 Å². The molecule has 3 nitrogen and oxygen atoms in total. The number of aryl methyl sites for hydroxylation is 1. The fourth-order valence-electron chi connectivity index (χ4n) is 1.21. The third-order valence-electron chi connectivity index (χ3n) is 1.84. The number of aromatic amines is 1. The number of anilines is 1. The number of benzene rings is 1. The Morgan fingerprint density at radius 3 is 2.62 bits per heavy atom. The molecule has 13 heavy (non-hydrogen) atoms. The van der Waals surface area contributed by atoms with Gasteiger partial charge in [-0.1, -0.05) is 26.0 Å². The van der Waals surface area contributed by atoms with Crippen molar-refractivity contribution in [2.24, 2.45) is 0 Å². The Morgan fingerprint density at radius 2 is 2.00 bits per heavy atom. The largest absolute Gasteiger partial charge is 0.382 e. The van der Waals surface area contributed by atoms with Gasteiger partial charge < -0.3 is 5.73 Å². The first-order chi connectivity index (χ1) is 6.29. The Morgan fingerprint density at radius 1 is 1.31 bits per heavy atom. The second kappa shape index (κ2) is 3.94. The highest BCUT2D eigenvalue weighted by Gasteiger charge is 2.01. The van der Waals surface area contributed by atoms with Gasteiger partial charge in [-0.2, -0.15) is 5.10 Å². The van der Waals surface area contributed by atoms with Crippen molar-refractivity contribution >= 4 is 16.7 Å². The number of aromatic nitrogens is 2. The molecule has 0 radical (unpaired) electrons. The summed E-state index contributed by atoms with van der Waals surface area (Å²) in [5, 5.41) is 7.80. The molecule has 0 aliphatic heterocycles. The molecular weight excluding hydrogens is 162 g/mol. The molecule has 0 fully saturated rings. The fourth-order valence-corrected chi connectivity index (χ4v) is 1.21. The zero-order chi connectivity index (χ0) is 9.84. The average molecular weight is 177 g/mol. The number of rotatable bonds is 0. The maximum absolute atomic E-state index is 5.60. The van der Waals surface area contributed by atoms with Crippen molar-refractivity contribution in [2.45, 2.75) is 20.8 Å². The number of para-hydroxylation sites is 1. The van der Waals surface area contributed by atoms with Crippen LogP contribution < -0.4 is 5.73 Å². The molecule has 2 aromatic rings. The van der Waals surface area contributed by atoms with Crippen LogP contribution in [0.15, 0.2) is 18.2 Å². The van der Waals surface area contributed by atoms with Crippen molar-refractivity contribution < 1.29 is 0 Å². The molecule has 0 unspecified atom stereocenters. The molecule has 0 aliphatic rings. The maximum atomic E-state index is 5.60. The zero-order valence-electron chi connectivity index (χ0n) is 8.26. The highest BCUT2D eigenvalue weighted by Crippen LogP contribution is 2.19. The van der Waals surface area contributed by atoms with Crippen LogP contribution in [0.25, 0.3) is 10.9 Å². The molecule has 0 spiro atoms. The molecule has 1 heterocycles. The quantitative estimate of drug-likeness (QED) is 0.649. The summed E-state index contributed by atoms with van der Waals surface area (Å²) in [5.41, 5.74) is 7.81. The van der Waals surface area contributed by atoms with E-state index in [0.717, 1.165) is 10.9 Å². The molecule has 2 rings (SSSR count). The normalized spacial score (nSPS) is 9.46. The summed E-state index contributed by atoms with van der Waals surface area (Å²) in [7, 11) is 0. The highest BCUT2D eigenvalue weighted by molar-refractivity contribution is 5.90. The number of nitrogens with two attached hydrogens (primary N) is 1. The van der Waals surface area contributed by atoms with Crippen LogP contribution >= 0.6 is 0 Å². The number of H-pyrrole nitrogens is 1. The first kappa shape index (κ1) is 9.58. The van der Waals surface area contributed by atoms with Crippen molar-refractivity contribution in [3.05, 3.63) is 23.8 Å². The second-order valence-electron chi connectivity index (χ2n) is 2.61. The van der Waals surface area contributed by atoms with Crippen LogP contribution in [0.3, 0.4) is 0 Å². The third kappa shape index (κ3) is 1.64. The van der Waals surface area contributed by atoms with Crippen molar-refractivity contribution in [1.82, 2.24) is 10.2 Å². The van der Waals surface area contributed by atoms with Crippen LogP contribution in [0.1, 0.15) is 19.4 Å². The predicted molar refractivity (Wildman–Crippen MR) is 56.6 cm³/mol. The molecule has 0 aliphatic carbocycles. The lowest BCUT2D eigenvalue weighted by Gasteiger charge is -1.92. The monoisotopic (exact) mass is 177 g/mol. The molecule has 3 N–H and O–H groups in total. The SMILES string of the molecule is CC.Cc1cccc2c(N)n[nH]c12. The summed E-state index contributed by atoms with van der Waals surface area (Å²) in [6, 6.07) is 5.96. The molecule has 0 amide bonds. The molecular formula is C10H15N3. The lowest BCUT2D eigenvalue weighted by atomic mass is 10.2. The molecule has 0 atom stereocenters. The van der Waals surface area contributed by atoms with E-state index in [4.69, 9.17) is 5.73 Å². The Balaban J connectivity index is 0.000000396. The fraction of sp³-hybridized carbons (Fsp3) is 0.300. The van der Waals surface area contributed by atoms with E-state index in [9.17, 15) is 0 Å². The van der Waals surface area contributed by atoms with Gasteiger partial charge in [0.2, 0.25) is 0 Å². The van der Waals surface area contributed by atoms with Crippen molar-refractivity contribution in [2.75, 3.05) is 5.73 Å². The molecule has 1 aromatic heterocycles. The summed E-state index contributed by atoms with van der Waals surface area (Å²) in [6.45, 7) is 6.03. The summed E-state index contributed by atoms with van der Waals surface area (Å²) in [6.07, 6.45) is 0. The molecule has 1 aromatic carbocycles. The Labute approximate surface area is 78.0 Å². The van der Waals surface area contributed by atoms with E-state index < -0.39 is 0 Å². The summed E-state index contributed by atoms with van der Waals surface area (Å²) >= 11 is 0. The Kier molecular flexibility index (Phi) is 2.90. The minimum Gasteiger partial charge on any atom is -0.382 e. The third-order valence-corrected chi connectivity index (χ3v) is 1.84. The minimum atomic E-state index is 0.573. The Bertz CT molecular complexity index is 390. The standard InChI is InChI=1S/C8H9N3.C2H6/c1-5-3-2-4-6-7(5)10-11-8(6)9;1-2/h2-4H,1H3,(H3,9,10,11);1-2H3. The van der Waals surface area contributed by atoms with Crippen molar-refractivity contribution in [1.29, 1.82) is 0 Å². The van der Waals surface area contributed by atoms with E-state index in [2.05, 4.69) is 10.2 Å². The first-order valence-corrected chi connectivity index (χ1v) is 4.48. The van der Waals surface area contributed by atoms with E-state index in [1.165, 1.54) is 5.56 Å². The highest BCUT2D eigenvalue weighted by atomic mass is 15.1. The van der Waals surface area contributed by atoms with E-state index in [0.29, 0.717) is 5.82 Å². The van der Waals surface area contributed by atoms with Crippen LogP contribution in [0.2, 0.25) is 0 Å². The van der Waals surface area contributed by atoms with E-state index in [1.807, 2.05) is 39.0 Å². The van der Waals surface area contributed by atoms with Gasteiger partial charge in [0.25, 0.3) is 0 Å². The van der Waals surface area contributed by atoms with Crippen LogP contribution in [0.5, 0.6) is 0 Å². The number of nitrogens with zero attached hydrogens (tertiary/aromatic N) is 1. The van der Waals surface area contributed by atoms with Gasteiger partial charge >= 0.3 is 0 Å². The molecule has 0 saturated heterocycles. The van der Waals surface area contributed by atoms with Crippen molar-refractivity contribution in [3.63, 3.8) is 0 Å². The van der Waals surface area contributed by atoms with Crippen molar-refractivity contribution in [3.8, 4) is 0 Å². The first-order valence-electron chi connectivity index (χ1n) is 4.48. The van der Waals surface area contributed by atoms with Crippen LogP contribution in [-0.2, 0) is 0 Å². The molecule has 0 bridgehead atoms. The molecule has 70 valence electrons. The second-order valence-corrected chi connectivity index (χ2v) is 2.61. The van der Waals surface area contributed by atoms with Gasteiger partial charge in [0.05, 0.1) is 5.52 Å². The van der Waals surface area contributed by atoms with Crippen LogP contribution in [-0.4, -0.2) is 10.2 Å². The van der Waals surface area contributed by atoms with Gasteiger partial charge in [-0.25, -0.2) is 0 Å². The number of hydrogen-bond acceptors (Lipinski definition) is 2. The molecule has 3 heteroatoms. The van der Waals surface area contributed by atoms with E-state index >= 15 is 0 Å².